The van der Waals surface area contributed by atoms with Crippen LogP contribution in [0.3, 0.4) is 0 Å². The zero-order chi connectivity index (χ0) is 6.20. The second-order valence-corrected chi connectivity index (χ2v) is 3.90. The molecule has 0 aromatic carbocycles. The molecule has 0 amide bonds. The molecule has 1 fully saturated rings. The molecule has 1 atom stereocenters. The van der Waals surface area contributed by atoms with Crippen LogP contribution in [0.4, 0.5) is 0 Å². The van der Waals surface area contributed by atoms with Crippen molar-refractivity contribution in [3.8, 4) is 0 Å². The maximum Gasteiger partial charge on any atom is 0.168 e. The van der Waals surface area contributed by atoms with E-state index in [4.69, 9.17) is 27.9 Å². The Morgan fingerprint density at radius 3 is 2.38 bits per heavy atom. The third kappa shape index (κ3) is 1.13. The van der Waals surface area contributed by atoms with E-state index in [1.54, 1.807) is 0 Å². The normalized spacial score (nSPS) is 34.1. The fraction of sp³-hybridized carbons (Fsp3) is 1.00. The number of hydrogen-bond acceptors (Lipinski definition) is 1. The summed E-state index contributed by atoms with van der Waals surface area (Å²) in [5, 5.41) is 0.708. The van der Waals surface area contributed by atoms with Gasteiger partial charge < -0.3 is 4.74 Å². The summed E-state index contributed by atoms with van der Waals surface area (Å²) in [6, 6.07) is 0. The Hall–Kier alpha value is 1.02. The minimum absolute atomic E-state index is 0.0224. The van der Waals surface area contributed by atoms with Crippen molar-refractivity contribution in [1.29, 1.82) is 0 Å². The lowest BCUT2D eigenvalue weighted by Crippen LogP contribution is -2.50. The first kappa shape index (κ1) is 7.13. The number of alkyl halides is 3. The van der Waals surface area contributed by atoms with Gasteiger partial charge in [0.1, 0.15) is 6.10 Å². The standard InChI is InChI=1S/C4H5BrCl2O/c5-1-3-4(6,7)2-8-3/h3H,1-2H2. The molecule has 0 aromatic rings. The van der Waals surface area contributed by atoms with Gasteiger partial charge in [0.05, 0.1) is 6.61 Å². The quantitative estimate of drug-likeness (QED) is 0.613. The molecular weight excluding hydrogens is 215 g/mol. The van der Waals surface area contributed by atoms with Gasteiger partial charge in [0.2, 0.25) is 0 Å². The predicted molar refractivity (Wildman–Crippen MR) is 38.0 cm³/mol. The Balaban J connectivity index is 2.37. The molecule has 1 saturated heterocycles. The van der Waals surface area contributed by atoms with E-state index in [1.165, 1.54) is 0 Å². The maximum absolute atomic E-state index is 5.68. The molecule has 0 aliphatic carbocycles. The third-order valence-corrected chi connectivity index (χ3v) is 2.38. The minimum Gasteiger partial charge on any atom is -0.371 e. The molecule has 0 aromatic heterocycles. The third-order valence-electron chi connectivity index (χ3n) is 1.09. The van der Waals surface area contributed by atoms with Crippen molar-refractivity contribution in [2.45, 2.75) is 10.4 Å². The molecule has 4 heteroatoms. The molecule has 0 saturated carbocycles. The molecule has 0 N–H and O–H groups in total. The SMILES string of the molecule is ClC1(Cl)COC1CBr. The monoisotopic (exact) mass is 218 g/mol. The molecule has 8 heavy (non-hydrogen) atoms. The molecule has 0 bridgehead atoms. The van der Waals surface area contributed by atoms with Crippen LogP contribution >= 0.6 is 39.1 Å². The van der Waals surface area contributed by atoms with Gasteiger partial charge >= 0.3 is 0 Å². The number of ether oxygens (including phenoxy) is 1. The first-order valence-corrected chi connectivity index (χ1v) is 4.10. The largest absolute Gasteiger partial charge is 0.371 e. The highest BCUT2D eigenvalue weighted by Crippen LogP contribution is 2.37. The molecule has 48 valence electrons. The molecule has 1 unspecified atom stereocenters. The summed E-state index contributed by atoms with van der Waals surface area (Å²) in [7, 11) is 0. The van der Waals surface area contributed by atoms with E-state index < -0.39 is 4.33 Å². The van der Waals surface area contributed by atoms with Gasteiger partial charge in [0, 0.05) is 5.33 Å². The molecule has 1 aliphatic rings. The predicted octanol–water partition coefficient (Wildman–Crippen LogP) is 1.95. The Bertz CT molecular complexity index is 94.0. The second kappa shape index (κ2) is 2.33. The fourth-order valence-corrected chi connectivity index (χ4v) is 2.00. The molecule has 0 radical (unpaired) electrons. The molecule has 1 aliphatic heterocycles. The van der Waals surface area contributed by atoms with Crippen LogP contribution in [-0.4, -0.2) is 22.4 Å². The first-order chi connectivity index (χ1) is 3.67. The van der Waals surface area contributed by atoms with E-state index in [1.807, 2.05) is 0 Å². The number of hydrogen-bond donors (Lipinski definition) is 0. The fourth-order valence-electron chi connectivity index (χ4n) is 0.485. The molecule has 0 spiro atoms. The molecular formula is C4H5BrCl2O. The van der Waals surface area contributed by atoms with E-state index in [-0.39, 0.29) is 6.10 Å². The van der Waals surface area contributed by atoms with E-state index in [2.05, 4.69) is 15.9 Å². The zero-order valence-electron chi connectivity index (χ0n) is 4.03. The van der Waals surface area contributed by atoms with E-state index in [0.717, 1.165) is 0 Å². The Morgan fingerprint density at radius 1 is 1.75 bits per heavy atom. The zero-order valence-corrected chi connectivity index (χ0v) is 7.13. The molecule has 1 heterocycles. The van der Waals surface area contributed by atoms with E-state index >= 15 is 0 Å². The highest BCUT2D eigenvalue weighted by Gasteiger charge is 2.44. The summed E-state index contributed by atoms with van der Waals surface area (Å²) in [4.78, 5) is 0. The minimum atomic E-state index is -0.635. The second-order valence-electron chi connectivity index (χ2n) is 1.71. The van der Waals surface area contributed by atoms with Crippen LogP contribution in [0.25, 0.3) is 0 Å². The topological polar surface area (TPSA) is 9.23 Å². The van der Waals surface area contributed by atoms with E-state index in [9.17, 15) is 0 Å². The van der Waals surface area contributed by atoms with Crippen LogP contribution in [0, 0.1) is 0 Å². The highest BCUT2D eigenvalue weighted by atomic mass is 79.9. The van der Waals surface area contributed by atoms with Gasteiger partial charge in [-0.15, -0.1) is 0 Å². The van der Waals surface area contributed by atoms with Crippen LogP contribution in [0.15, 0.2) is 0 Å². The van der Waals surface area contributed by atoms with Crippen molar-refractivity contribution < 1.29 is 4.74 Å². The first-order valence-electron chi connectivity index (χ1n) is 2.22. The summed E-state index contributed by atoms with van der Waals surface area (Å²) < 4.78 is 4.35. The number of halogens is 3. The van der Waals surface area contributed by atoms with Crippen LogP contribution < -0.4 is 0 Å². The van der Waals surface area contributed by atoms with Crippen molar-refractivity contribution in [3.63, 3.8) is 0 Å². The van der Waals surface area contributed by atoms with Crippen molar-refractivity contribution in [2.24, 2.45) is 0 Å². The van der Waals surface area contributed by atoms with Gasteiger partial charge in [-0.1, -0.05) is 39.1 Å². The van der Waals surface area contributed by atoms with Crippen LogP contribution in [-0.2, 0) is 4.74 Å². The average Bonchev–Trinajstić information content (AvgIpc) is 1.66. The lowest BCUT2D eigenvalue weighted by atomic mass is 10.2. The van der Waals surface area contributed by atoms with Crippen molar-refractivity contribution >= 4 is 39.1 Å². The lowest BCUT2D eigenvalue weighted by molar-refractivity contribution is -0.0455. The van der Waals surface area contributed by atoms with Crippen LogP contribution in [0.1, 0.15) is 0 Å². The summed E-state index contributed by atoms with van der Waals surface area (Å²) in [6.45, 7) is 0.451. The van der Waals surface area contributed by atoms with Crippen molar-refractivity contribution in [2.75, 3.05) is 11.9 Å². The van der Waals surface area contributed by atoms with Crippen molar-refractivity contribution in [1.82, 2.24) is 0 Å². The number of rotatable bonds is 1. The molecule has 1 nitrogen and oxygen atoms in total. The van der Waals surface area contributed by atoms with Crippen LogP contribution in [0.2, 0.25) is 0 Å². The summed E-state index contributed by atoms with van der Waals surface area (Å²) in [5.41, 5.74) is 0. The van der Waals surface area contributed by atoms with Crippen LogP contribution in [0.5, 0.6) is 0 Å². The maximum atomic E-state index is 5.68. The Morgan fingerprint density at radius 2 is 2.38 bits per heavy atom. The Kier molecular flexibility index (Phi) is 2.08. The van der Waals surface area contributed by atoms with Gasteiger partial charge in [-0.2, -0.15) is 0 Å². The van der Waals surface area contributed by atoms with Gasteiger partial charge in [0.15, 0.2) is 4.33 Å². The van der Waals surface area contributed by atoms with Crippen molar-refractivity contribution in [3.05, 3.63) is 0 Å². The summed E-state index contributed by atoms with van der Waals surface area (Å²) in [5.74, 6) is 0. The van der Waals surface area contributed by atoms with Gasteiger partial charge in [-0.25, -0.2) is 0 Å². The Labute approximate surface area is 66.4 Å². The highest BCUT2D eigenvalue weighted by molar-refractivity contribution is 9.09. The smallest absolute Gasteiger partial charge is 0.168 e. The van der Waals surface area contributed by atoms with E-state index in [0.29, 0.717) is 11.9 Å². The van der Waals surface area contributed by atoms with Gasteiger partial charge in [-0.05, 0) is 0 Å². The van der Waals surface area contributed by atoms with Gasteiger partial charge in [0.25, 0.3) is 0 Å². The van der Waals surface area contributed by atoms with Gasteiger partial charge in [-0.3, -0.25) is 0 Å². The summed E-state index contributed by atoms with van der Waals surface area (Å²) >= 11 is 14.6. The average molecular weight is 220 g/mol. The lowest BCUT2D eigenvalue weighted by Gasteiger charge is -2.38. The summed E-state index contributed by atoms with van der Waals surface area (Å²) in [6.07, 6.45) is -0.0224. The molecule has 1 rings (SSSR count).